The van der Waals surface area contributed by atoms with E-state index in [0.29, 0.717) is 70.8 Å². The Bertz CT molecular complexity index is 1630. The molecule has 0 aliphatic carbocycles. The number of aromatic nitrogens is 1. The molecule has 10 nitrogen and oxygen atoms in total. The summed E-state index contributed by atoms with van der Waals surface area (Å²) in [7, 11) is 1.62. The summed E-state index contributed by atoms with van der Waals surface area (Å²) in [5.74, 6) is 0.438. The average molecular weight is 701 g/mol. The van der Waals surface area contributed by atoms with E-state index in [1.165, 1.54) is 0 Å². The molecule has 3 N–H and O–H groups in total. The molecule has 12 heteroatoms. The highest BCUT2D eigenvalue weighted by molar-refractivity contribution is 7.80. The zero-order chi connectivity index (χ0) is 35.0. The van der Waals surface area contributed by atoms with Crippen LogP contribution in [0.5, 0.6) is 5.75 Å². The fourth-order valence-corrected chi connectivity index (χ4v) is 6.44. The van der Waals surface area contributed by atoms with Gasteiger partial charge in [-0.15, -0.1) is 0 Å². The number of piperidine rings is 1. The number of thiocarbonyl (C=S) groups is 1. The van der Waals surface area contributed by atoms with Crippen LogP contribution in [0.3, 0.4) is 0 Å². The number of nitrogens with zero attached hydrogens (tertiary/aromatic N) is 1. The van der Waals surface area contributed by atoms with Gasteiger partial charge in [0.05, 0.1) is 41.1 Å². The first kappa shape index (κ1) is 37.4. The van der Waals surface area contributed by atoms with Crippen molar-refractivity contribution in [3.8, 4) is 16.9 Å². The molecule has 1 aliphatic rings. The molecular formula is C36H49ClN4O6S. The molecule has 48 heavy (non-hydrogen) atoms. The van der Waals surface area contributed by atoms with Gasteiger partial charge in [-0.1, -0.05) is 40.9 Å². The average Bonchev–Trinajstić information content (AvgIpc) is 2.99. The number of fused-ring (bicyclic) bond motifs is 1. The first-order valence-electron chi connectivity index (χ1n) is 16.6. The van der Waals surface area contributed by atoms with Crippen LogP contribution < -0.4 is 20.9 Å². The number of amides is 1. The van der Waals surface area contributed by atoms with Gasteiger partial charge in [0.2, 0.25) is 0 Å². The largest absolute Gasteiger partial charge is 0.492 e. The number of carbonyl (C=O) groups excluding carboxylic acids is 1. The van der Waals surface area contributed by atoms with Crippen molar-refractivity contribution >= 4 is 51.6 Å². The van der Waals surface area contributed by atoms with Gasteiger partial charge in [-0.05, 0) is 90.7 Å². The summed E-state index contributed by atoms with van der Waals surface area (Å²) in [6.07, 6.45) is 2.89. The second-order valence-electron chi connectivity index (χ2n) is 13.2. The highest BCUT2D eigenvalue weighted by Crippen LogP contribution is 2.38. The van der Waals surface area contributed by atoms with E-state index in [9.17, 15) is 9.59 Å². The van der Waals surface area contributed by atoms with Gasteiger partial charge in [-0.3, -0.25) is 4.79 Å². The number of methoxy groups -OCH3 is 1. The topological polar surface area (TPSA) is 114 Å². The smallest absolute Gasteiger partial charge is 0.410 e. The Morgan fingerprint density at radius 1 is 1.15 bits per heavy atom. The Kier molecular flexibility index (Phi) is 13.1. The Balaban J connectivity index is 1.67. The van der Waals surface area contributed by atoms with Crippen LogP contribution >= 0.6 is 23.8 Å². The second kappa shape index (κ2) is 16.8. The molecule has 1 aliphatic heterocycles. The summed E-state index contributed by atoms with van der Waals surface area (Å²) >= 11 is 12.3. The SMILES string of the molecule is CCOC(CNC(=S)Nc1cc2c(OCCC3CCCCN3C(=O)OC(C)(C)C)c(-c3cc(C)cc(C)c3)c(=O)[nH]c2cc1Cl)COC. The predicted octanol–water partition coefficient (Wildman–Crippen LogP) is 7.36. The normalized spacial score (nSPS) is 15.7. The molecule has 0 bridgehead atoms. The van der Waals surface area contributed by atoms with Crippen molar-refractivity contribution in [2.24, 2.45) is 0 Å². The maximum atomic E-state index is 13.7. The third-order valence-corrected chi connectivity index (χ3v) is 8.57. The summed E-state index contributed by atoms with van der Waals surface area (Å²) in [4.78, 5) is 31.6. The van der Waals surface area contributed by atoms with E-state index in [1.54, 1.807) is 13.2 Å². The molecule has 2 atom stereocenters. The molecule has 1 amide bonds. The van der Waals surface area contributed by atoms with E-state index >= 15 is 0 Å². The van der Waals surface area contributed by atoms with E-state index in [-0.39, 0.29) is 30.4 Å². The fraction of sp³-hybridized carbons (Fsp3) is 0.528. The van der Waals surface area contributed by atoms with E-state index in [0.717, 1.165) is 36.0 Å². The summed E-state index contributed by atoms with van der Waals surface area (Å²) in [5, 5.41) is 7.76. The van der Waals surface area contributed by atoms with Crippen LogP contribution in [-0.2, 0) is 14.2 Å². The Morgan fingerprint density at radius 2 is 1.88 bits per heavy atom. The summed E-state index contributed by atoms with van der Waals surface area (Å²) in [5.41, 5.74) is 3.44. The van der Waals surface area contributed by atoms with Crippen molar-refractivity contribution in [3.05, 3.63) is 56.8 Å². The minimum Gasteiger partial charge on any atom is -0.492 e. The zero-order valence-corrected chi connectivity index (χ0v) is 30.7. The fourth-order valence-electron chi connectivity index (χ4n) is 6.03. The molecule has 0 radical (unpaired) electrons. The number of pyridine rings is 1. The Labute approximate surface area is 293 Å². The van der Waals surface area contributed by atoms with Gasteiger partial charge in [0.15, 0.2) is 5.11 Å². The molecule has 2 aromatic carbocycles. The summed E-state index contributed by atoms with van der Waals surface area (Å²) in [6.45, 7) is 13.9. The number of hydrogen-bond donors (Lipinski definition) is 3. The van der Waals surface area contributed by atoms with Crippen molar-refractivity contribution in [1.29, 1.82) is 0 Å². The number of likely N-dealkylation sites (tertiary alicyclic amines) is 1. The third kappa shape index (κ3) is 10.1. The van der Waals surface area contributed by atoms with Gasteiger partial charge < -0.3 is 39.5 Å². The van der Waals surface area contributed by atoms with E-state index < -0.39 is 5.60 Å². The molecule has 1 fully saturated rings. The zero-order valence-electron chi connectivity index (χ0n) is 29.1. The van der Waals surface area contributed by atoms with Crippen molar-refractivity contribution in [1.82, 2.24) is 15.2 Å². The lowest BCUT2D eigenvalue weighted by molar-refractivity contribution is 0.00726. The number of rotatable bonds is 12. The van der Waals surface area contributed by atoms with Gasteiger partial charge in [-0.2, -0.15) is 0 Å². The Hall–Kier alpha value is -3.38. The summed E-state index contributed by atoms with van der Waals surface area (Å²) in [6, 6.07) is 9.51. The van der Waals surface area contributed by atoms with Gasteiger partial charge in [0, 0.05) is 44.7 Å². The van der Waals surface area contributed by atoms with Crippen molar-refractivity contribution in [2.45, 2.75) is 85.0 Å². The van der Waals surface area contributed by atoms with E-state index in [4.69, 9.17) is 42.8 Å². The van der Waals surface area contributed by atoms with Crippen molar-refractivity contribution in [3.63, 3.8) is 0 Å². The summed E-state index contributed by atoms with van der Waals surface area (Å²) < 4.78 is 23.2. The number of H-pyrrole nitrogens is 1. The van der Waals surface area contributed by atoms with Gasteiger partial charge in [-0.25, -0.2) is 4.79 Å². The van der Waals surface area contributed by atoms with E-state index in [2.05, 4.69) is 21.7 Å². The minimum atomic E-state index is -0.583. The number of anilines is 1. The molecule has 262 valence electrons. The predicted molar refractivity (Wildman–Crippen MR) is 197 cm³/mol. The minimum absolute atomic E-state index is 0.0414. The first-order valence-corrected chi connectivity index (χ1v) is 17.3. The lowest BCUT2D eigenvalue weighted by Gasteiger charge is -2.36. The van der Waals surface area contributed by atoms with Crippen LogP contribution in [0.2, 0.25) is 5.02 Å². The maximum Gasteiger partial charge on any atom is 0.410 e. The first-order chi connectivity index (χ1) is 22.8. The standard InChI is InChI=1S/C36H49ClN4O6S/c1-8-45-26(21-44-7)20-38-34(48)40-30-18-27-29(19-28(30)37)39-33(42)31(24-16-22(2)15-23(3)17-24)32(27)46-14-12-25-11-9-10-13-41(25)35(43)47-36(4,5)6/h15-19,25-26H,8-14,20-21H2,1-7H3,(H,39,42)(H2,38,40,48). The number of aromatic amines is 1. The number of aryl methyl sites for hydroxylation is 2. The quantitative estimate of drug-likeness (QED) is 0.167. The highest BCUT2D eigenvalue weighted by Gasteiger charge is 2.30. The molecule has 3 aromatic rings. The number of nitrogens with one attached hydrogen (secondary N) is 3. The van der Waals surface area contributed by atoms with Crippen LogP contribution in [0.4, 0.5) is 10.5 Å². The van der Waals surface area contributed by atoms with Crippen molar-refractivity contribution in [2.75, 3.05) is 45.3 Å². The molecule has 4 rings (SSSR count). The van der Waals surface area contributed by atoms with Crippen LogP contribution in [0.25, 0.3) is 22.0 Å². The lowest BCUT2D eigenvalue weighted by Crippen LogP contribution is -2.46. The van der Waals surface area contributed by atoms with Crippen LogP contribution in [0, 0.1) is 13.8 Å². The number of benzene rings is 2. The van der Waals surface area contributed by atoms with E-state index in [1.807, 2.05) is 64.6 Å². The number of ether oxygens (including phenoxy) is 4. The molecule has 2 unspecified atom stereocenters. The van der Waals surface area contributed by atoms with Crippen LogP contribution in [0.1, 0.15) is 64.5 Å². The maximum absolute atomic E-state index is 13.7. The number of hydrogen-bond acceptors (Lipinski definition) is 7. The third-order valence-electron chi connectivity index (χ3n) is 8.01. The van der Waals surface area contributed by atoms with Crippen molar-refractivity contribution < 1.29 is 23.7 Å². The molecule has 0 spiro atoms. The number of carbonyl (C=O) groups is 1. The second-order valence-corrected chi connectivity index (χ2v) is 14.1. The molecule has 0 saturated carbocycles. The highest BCUT2D eigenvalue weighted by atomic mass is 35.5. The van der Waals surface area contributed by atoms with Crippen LogP contribution in [-0.4, -0.2) is 78.9 Å². The lowest BCUT2D eigenvalue weighted by atomic mass is 9.98. The Morgan fingerprint density at radius 3 is 2.54 bits per heavy atom. The van der Waals surface area contributed by atoms with Gasteiger partial charge in [0.1, 0.15) is 11.4 Å². The molecule has 1 aromatic heterocycles. The monoisotopic (exact) mass is 700 g/mol. The molecular weight excluding hydrogens is 652 g/mol. The molecule has 1 saturated heterocycles. The van der Waals surface area contributed by atoms with Gasteiger partial charge in [0.25, 0.3) is 5.56 Å². The number of halogens is 1. The van der Waals surface area contributed by atoms with Crippen LogP contribution in [0.15, 0.2) is 35.1 Å². The molecule has 2 heterocycles. The van der Waals surface area contributed by atoms with Gasteiger partial charge >= 0.3 is 6.09 Å².